The third-order valence-electron chi connectivity index (χ3n) is 6.49. The van der Waals surface area contributed by atoms with Crippen LogP contribution in [0, 0.1) is 0 Å². The summed E-state index contributed by atoms with van der Waals surface area (Å²) in [6, 6.07) is 17.1. The van der Waals surface area contributed by atoms with E-state index in [-0.39, 0.29) is 24.6 Å². The summed E-state index contributed by atoms with van der Waals surface area (Å²) in [6.45, 7) is 3.26. The number of carbonyl (C=O) groups excluding carboxylic acids is 1. The zero-order chi connectivity index (χ0) is 25.8. The fraction of sp³-hybridized carbons (Fsp3) is 0.333. The number of amides is 1. The number of alkyl halides is 3. The first-order valence-electron chi connectivity index (χ1n) is 12.0. The second-order valence-electron chi connectivity index (χ2n) is 8.90. The molecule has 2 aliphatic rings. The zero-order valence-corrected chi connectivity index (χ0v) is 20.0. The third kappa shape index (κ3) is 5.96. The van der Waals surface area contributed by atoms with Crippen molar-refractivity contribution in [2.75, 3.05) is 32.8 Å². The van der Waals surface area contributed by atoms with Gasteiger partial charge < -0.3 is 19.1 Å². The van der Waals surface area contributed by atoms with Gasteiger partial charge in [0.05, 0.1) is 12.2 Å². The lowest BCUT2D eigenvalue weighted by Gasteiger charge is -2.41. The lowest BCUT2D eigenvalue weighted by atomic mass is 9.98. The van der Waals surface area contributed by atoms with E-state index >= 15 is 0 Å². The molecule has 1 unspecified atom stereocenters. The molecule has 0 aliphatic carbocycles. The average molecular weight is 514 g/mol. The van der Waals surface area contributed by atoms with Crippen LogP contribution < -0.4 is 9.47 Å². The van der Waals surface area contributed by atoms with Crippen LogP contribution in [0.3, 0.4) is 0 Å². The Hall–Kier alpha value is -3.79. The molecule has 3 aromatic rings. The highest BCUT2D eigenvalue weighted by Gasteiger charge is 2.32. The Morgan fingerprint density at radius 2 is 1.81 bits per heavy atom. The molecule has 1 amide bonds. The van der Waals surface area contributed by atoms with Crippen molar-refractivity contribution in [1.29, 1.82) is 0 Å². The number of halogens is 3. The quantitative estimate of drug-likeness (QED) is 0.438. The highest BCUT2D eigenvalue weighted by molar-refractivity contribution is 5.67. The average Bonchev–Trinajstić information content (AvgIpc) is 2.92. The van der Waals surface area contributed by atoms with E-state index in [0.717, 1.165) is 35.6 Å². The minimum absolute atomic E-state index is 0.0651. The summed E-state index contributed by atoms with van der Waals surface area (Å²) in [5.41, 5.74) is 1.05. The summed E-state index contributed by atoms with van der Waals surface area (Å²) in [6.07, 6.45) is -3.25. The van der Waals surface area contributed by atoms with Gasteiger partial charge in [0.15, 0.2) is 0 Å². The Kier molecular flexibility index (Phi) is 7.18. The van der Waals surface area contributed by atoms with Gasteiger partial charge in [0, 0.05) is 56.5 Å². The third-order valence-corrected chi connectivity index (χ3v) is 6.49. The summed E-state index contributed by atoms with van der Waals surface area (Å²) >= 11 is 0. The van der Waals surface area contributed by atoms with Crippen molar-refractivity contribution in [2.24, 2.45) is 0 Å². The van der Waals surface area contributed by atoms with Crippen molar-refractivity contribution in [3.63, 3.8) is 0 Å². The van der Waals surface area contributed by atoms with Crippen molar-refractivity contribution in [3.05, 3.63) is 83.6 Å². The summed E-state index contributed by atoms with van der Waals surface area (Å²) in [5.74, 6) is 1.28. The molecule has 0 spiro atoms. The van der Waals surface area contributed by atoms with Gasteiger partial charge in [0.2, 0.25) is 5.88 Å². The number of ether oxygens (including phenoxy) is 3. The van der Waals surface area contributed by atoms with Gasteiger partial charge in [0.1, 0.15) is 18.1 Å². The largest absolute Gasteiger partial charge is 0.493 e. The molecule has 7 nitrogen and oxygen atoms in total. The Morgan fingerprint density at radius 3 is 2.51 bits per heavy atom. The molecule has 37 heavy (non-hydrogen) atoms. The van der Waals surface area contributed by atoms with E-state index in [0.29, 0.717) is 38.5 Å². The monoisotopic (exact) mass is 513 g/mol. The molecule has 0 N–H and O–H groups in total. The van der Waals surface area contributed by atoms with Crippen molar-refractivity contribution < 1.29 is 32.2 Å². The first-order chi connectivity index (χ1) is 17.9. The molecule has 2 aromatic carbocycles. The number of pyridine rings is 1. The molecule has 1 aromatic heterocycles. The zero-order valence-electron chi connectivity index (χ0n) is 20.0. The van der Waals surface area contributed by atoms with Gasteiger partial charge in [-0.1, -0.05) is 30.3 Å². The van der Waals surface area contributed by atoms with Crippen LogP contribution in [0.2, 0.25) is 0 Å². The standard InChI is InChI=1S/C27H26F3N3O4/c28-27(29,30)20-6-9-25(31-17-20)37-21-7-8-24-22(16-21)23(10-15-35-24)32-11-13-33(14-12-32)26(34)36-18-19-4-2-1-3-5-19/h1-9,16-17,23H,10-15,18H2. The Labute approximate surface area is 212 Å². The lowest BCUT2D eigenvalue weighted by molar-refractivity contribution is -0.137. The van der Waals surface area contributed by atoms with Crippen LogP contribution in [0.5, 0.6) is 17.4 Å². The van der Waals surface area contributed by atoms with Crippen LogP contribution in [-0.4, -0.2) is 53.7 Å². The number of aromatic nitrogens is 1. The van der Waals surface area contributed by atoms with E-state index in [9.17, 15) is 18.0 Å². The summed E-state index contributed by atoms with van der Waals surface area (Å²) in [4.78, 5) is 20.3. The van der Waals surface area contributed by atoms with Gasteiger partial charge in [-0.25, -0.2) is 9.78 Å². The Bertz CT molecular complexity index is 1210. The number of nitrogens with zero attached hydrogens (tertiary/aromatic N) is 3. The van der Waals surface area contributed by atoms with E-state index in [1.54, 1.807) is 17.0 Å². The number of hydrogen-bond donors (Lipinski definition) is 0. The maximum Gasteiger partial charge on any atom is 0.417 e. The number of carbonyl (C=O) groups is 1. The molecule has 194 valence electrons. The summed E-state index contributed by atoms with van der Waals surface area (Å²) in [7, 11) is 0. The van der Waals surface area contributed by atoms with Crippen molar-refractivity contribution in [1.82, 2.24) is 14.8 Å². The highest BCUT2D eigenvalue weighted by atomic mass is 19.4. The molecule has 3 heterocycles. The van der Waals surface area contributed by atoms with Crippen LogP contribution in [0.1, 0.15) is 29.2 Å². The van der Waals surface area contributed by atoms with Gasteiger partial charge in [-0.15, -0.1) is 0 Å². The van der Waals surface area contributed by atoms with Gasteiger partial charge in [0.25, 0.3) is 0 Å². The number of benzene rings is 2. The second kappa shape index (κ2) is 10.7. The maximum absolute atomic E-state index is 12.8. The van der Waals surface area contributed by atoms with Crippen molar-refractivity contribution in [3.8, 4) is 17.4 Å². The lowest BCUT2D eigenvalue weighted by Crippen LogP contribution is -2.50. The van der Waals surface area contributed by atoms with Gasteiger partial charge >= 0.3 is 12.3 Å². The van der Waals surface area contributed by atoms with E-state index in [1.807, 2.05) is 36.4 Å². The summed E-state index contributed by atoms with van der Waals surface area (Å²) < 4.78 is 55.4. The molecule has 10 heteroatoms. The topological polar surface area (TPSA) is 64.1 Å². The molecule has 2 aliphatic heterocycles. The normalized spacial score (nSPS) is 18.0. The Morgan fingerprint density at radius 1 is 1.03 bits per heavy atom. The van der Waals surface area contributed by atoms with Gasteiger partial charge in [-0.3, -0.25) is 4.90 Å². The van der Waals surface area contributed by atoms with E-state index in [2.05, 4.69) is 9.88 Å². The smallest absolute Gasteiger partial charge is 0.417 e. The SMILES string of the molecule is O=C(OCc1ccccc1)N1CCN(C2CCOc3ccc(Oc4ccc(C(F)(F)F)cn4)cc32)CC1. The van der Waals surface area contributed by atoms with E-state index in [1.165, 1.54) is 6.07 Å². The molecule has 1 fully saturated rings. The number of rotatable bonds is 5. The van der Waals surface area contributed by atoms with Gasteiger partial charge in [-0.05, 0) is 29.8 Å². The minimum atomic E-state index is -4.45. The van der Waals surface area contributed by atoms with Crippen LogP contribution in [0.25, 0.3) is 0 Å². The minimum Gasteiger partial charge on any atom is -0.493 e. The van der Waals surface area contributed by atoms with Crippen LogP contribution in [0.4, 0.5) is 18.0 Å². The second-order valence-corrected chi connectivity index (χ2v) is 8.90. The molecular weight excluding hydrogens is 487 g/mol. The molecule has 0 bridgehead atoms. The van der Waals surface area contributed by atoms with Crippen LogP contribution >= 0.6 is 0 Å². The van der Waals surface area contributed by atoms with Crippen molar-refractivity contribution >= 4 is 6.09 Å². The molecule has 0 saturated carbocycles. The van der Waals surface area contributed by atoms with Crippen molar-refractivity contribution in [2.45, 2.75) is 25.2 Å². The molecule has 5 rings (SSSR count). The first kappa shape index (κ1) is 24.9. The first-order valence-corrected chi connectivity index (χ1v) is 12.0. The predicted molar refractivity (Wildman–Crippen MR) is 128 cm³/mol. The molecule has 0 radical (unpaired) electrons. The maximum atomic E-state index is 12.8. The molecule has 1 atom stereocenters. The van der Waals surface area contributed by atoms with Crippen LogP contribution in [0.15, 0.2) is 66.9 Å². The predicted octanol–water partition coefficient (Wildman–Crippen LogP) is 5.67. The van der Waals surface area contributed by atoms with E-state index in [4.69, 9.17) is 14.2 Å². The number of piperazine rings is 1. The number of fused-ring (bicyclic) bond motifs is 1. The number of hydrogen-bond acceptors (Lipinski definition) is 6. The summed E-state index contributed by atoms with van der Waals surface area (Å²) in [5, 5.41) is 0. The van der Waals surface area contributed by atoms with Gasteiger partial charge in [-0.2, -0.15) is 13.2 Å². The fourth-order valence-corrected chi connectivity index (χ4v) is 4.55. The highest BCUT2D eigenvalue weighted by Crippen LogP contribution is 2.39. The molecular formula is C27H26F3N3O4. The van der Waals surface area contributed by atoms with Crippen LogP contribution in [-0.2, 0) is 17.5 Å². The fourth-order valence-electron chi connectivity index (χ4n) is 4.55. The molecule has 1 saturated heterocycles. The Balaban J connectivity index is 1.21. The van der Waals surface area contributed by atoms with E-state index < -0.39 is 11.7 Å².